The van der Waals surface area contributed by atoms with Crippen molar-refractivity contribution in [3.05, 3.63) is 71.8 Å². The number of primary amides is 1. The summed E-state index contributed by atoms with van der Waals surface area (Å²) in [6.45, 7) is 1.43. The Morgan fingerprint density at radius 2 is 1.79 bits per heavy atom. The second-order valence-electron chi connectivity index (χ2n) is 7.04. The van der Waals surface area contributed by atoms with Crippen molar-refractivity contribution in [2.75, 3.05) is 18.0 Å². The molecule has 0 saturated carbocycles. The third kappa shape index (κ3) is 5.78. The fourth-order valence-electron chi connectivity index (χ4n) is 3.28. The zero-order valence-corrected chi connectivity index (χ0v) is 16.3. The molecule has 3 amide bonds. The predicted molar refractivity (Wildman–Crippen MR) is 113 cm³/mol. The number of benzene rings is 2. The van der Waals surface area contributed by atoms with Crippen LogP contribution in [-0.2, 0) is 20.9 Å². The van der Waals surface area contributed by atoms with E-state index in [1.165, 1.54) is 6.08 Å². The minimum atomic E-state index is -0.438. The van der Waals surface area contributed by atoms with E-state index >= 15 is 0 Å². The van der Waals surface area contributed by atoms with Gasteiger partial charge in [-0.15, -0.1) is 0 Å². The summed E-state index contributed by atoms with van der Waals surface area (Å²) in [7, 11) is 0. The molecule has 1 saturated heterocycles. The molecule has 6 heteroatoms. The van der Waals surface area contributed by atoms with E-state index < -0.39 is 5.91 Å². The highest BCUT2D eigenvalue weighted by molar-refractivity contribution is 5.95. The summed E-state index contributed by atoms with van der Waals surface area (Å²) in [5.41, 5.74) is 7.98. The number of carbonyl (C=O) groups excluding carboxylic acids is 3. The molecule has 150 valence electrons. The number of anilines is 1. The molecule has 0 atom stereocenters. The smallest absolute Gasteiger partial charge is 0.246 e. The Morgan fingerprint density at radius 1 is 1.07 bits per heavy atom. The van der Waals surface area contributed by atoms with Crippen LogP contribution >= 0.6 is 0 Å². The van der Waals surface area contributed by atoms with Crippen LogP contribution < -0.4 is 10.6 Å². The molecule has 1 aliphatic rings. The van der Waals surface area contributed by atoms with E-state index in [4.69, 9.17) is 5.73 Å². The number of rotatable bonds is 8. The Hall–Kier alpha value is -3.41. The van der Waals surface area contributed by atoms with Crippen LogP contribution in [0.15, 0.2) is 60.7 Å². The van der Waals surface area contributed by atoms with Gasteiger partial charge in [-0.25, -0.2) is 0 Å². The van der Waals surface area contributed by atoms with Gasteiger partial charge in [0, 0.05) is 44.2 Å². The lowest BCUT2D eigenvalue weighted by molar-refractivity contribution is -0.127. The minimum Gasteiger partial charge on any atom is -0.370 e. The van der Waals surface area contributed by atoms with Gasteiger partial charge in [0.2, 0.25) is 17.7 Å². The highest BCUT2D eigenvalue weighted by atomic mass is 16.2. The molecule has 0 aromatic heterocycles. The topological polar surface area (TPSA) is 83.7 Å². The molecule has 1 fully saturated rings. The Morgan fingerprint density at radius 3 is 2.41 bits per heavy atom. The molecule has 29 heavy (non-hydrogen) atoms. The van der Waals surface area contributed by atoms with Crippen molar-refractivity contribution in [3.8, 4) is 0 Å². The Labute approximate surface area is 170 Å². The van der Waals surface area contributed by atoms with Gasteiger partial charge in [-0.3, -0.25) is 14.4 Å². The first-order valence-corrected chi connectivity index (χ1v) is 9.72. The number of nitrogens with two attached hydrogens (primary N) is 1. The van der Waals surface area contributed by atoms with Crippen molar-refractivity contribution in [2.45, 2.75) is 25.8 Å². The average molecular weight is 391 g/mol. The quantitative estimate of drug-likeness (QED) is 0.702. The third-order valence-corrected chi connectivity index (χ3v) is 4.85. The van der Waals surface area contributed by atoms with Crippen molar-refractivity contribution in [2.24, 2.45) is 5.73 Å². The molecule has 0 spiro atoms. The van der Waals surface area contributed by atoms with Crippen molar-refractivity contribution in [3.63, 3.8) is 0 Å². The molecule has 1 aliphatic heterocycles. The molecule has 2 aromatic rings. The van der Waals surface area contributed by atoms with E-state index in [9.17, 15) is 14.4 Å². The number of hydrogen-bond donors (Lipinski definition) is 1. The van der Waals surface area contributed by atoms with Crippen LogP contribution in [0.1, 0.15) is 30.4 Å². The normalized spacial score (nSPS) is 13.8. The second-order valence-corrected chi connectivity index (χ2v) is 7.04. The van der Waals surface area contributed by atoms with Crippen LogP contribution in [0.3, 0.4) is 0 Å². The van der Waals surface area contributed by atoms with E-state index in [2.05, 4.69) is 0 Å². The molecule has 0 aliphatic carbocycles. The monoisotopic (exact) mass is 391 g/mol. The van der Waals surface area contributed by atoms with Gasteiger partial charge < -0.3 is 15.5 Å². The molecule has 0 radical (unpaired) electrons. The number of nitrogens with zero attached hydrogens (tertiary/aromatic N) is 2. The summed E-state index contributed by atoms with van der Waals surface area (Å²) in [6, 6.07) is 17.2. The van der Waals surface area contributed by atoms with Gasteiger partial charge >= 0.3 is 0 Å². The van der Waals surface area contributed by atoms with Gasteiger partial charge in [0.1, 0.15) is 0 Å². The summed E-state index contributed by atoms with van der Waals surface area (Å²) >= 11 is 0. The Balaban J connectivity index is 1.66. The van der Waals surface area contributed by atoms with Gasteiger partial charge in [-0.1, -0.05) is 42.5 Å². The molecule has 2 N–H and O–H groups in total. The average Bonchev–Trinajstić information content (AvgIpc) is 3.16. The zero-order chi connectivity index (χ0) is 20.6. The van der Waals surface area contributed by atoms with Crippen molar-refractivity contribution in [1.29, 1.82) is 0 Å². The lowest BCUT2D eigenvalue weighted by atomic mass is 10.1. The fourth-order valence-corrected chi connectivity index (χ4v) is 3.28. The first-order valence-electron chi connectivity index (χ1n) is 9.72. The maximum Gasteiger partial charge on any atom is 0.246 e. The standard InChI is InChI=1S/C23H25N3O3/c24-21(27)14-16-25(17-19-5-2-1-3-6-19)22(28)13-10-18-8-11-20(12-9-18)26-15-4-7-23(26)29/h1-3,5-6,8-13H,4,7,14-17H2,(H2,24,27)/b13-10+. The van der Waals surface area contributed by atoms with Gasteiger partial charge in [0.05, 0.1) is 0 Å². The van der Waals surface area contributed by atoms with Crippen LogP contribution in [0.2, 0.25) is 0 Å². The molecular weight excluding hydrogens is 366 g/mol. The molecule has 0 unspecified atom stereocenters. The number of amides is 3. The SMILES string of the molecule is NC(=O)CCN(Cc1ccccc1)C(=O)/C=C/c1ccc(N2CCCC2=O)cc1. The second kappa shape index (κ2) is 9.68. The molecule has 1 heterocycles. The van der Waals surface area contributed by atoms with Gasteiger partial charge in [0.15, 0.2) is 0 Å². The minimum absolute atomic E-state index is 0.116. The summed E-state index contributed by atoms with van der Waals surface area (Å²) in [5.74, 6) is -0.477. The van der Waals surface area contributed by atoms with Crippen molar-refractivity contribution < 1.29 is 14.4 Å². The van der Waals surface area contributed by atoms with Crippen LogP contribution in [0.4, 0.5) is 5.69 Å². The maximum absolute atomic E-state index is 12.7. The lowest BCUT2D eigenvalue weighted by Gasteiger charge is -2.21. The van der Waals surface area contributed by atoms with Gasteiger partial charge in [-0.05, 0) is 35.8 Å². The van der Waals surface area contributed by atoms with Gasteiger partial charge in [0.25, 0.3) is 0 Å². The van der Waals surface area contributed by atoms with E-state index in [0.717, 1.165) is 29.8 Å². The number of hydrogen-bond acceptors (Lipinski definition) is 3. The summed E-state index contributed by atoms with van der Waals surface area (Å²) in [4.78, 5) is 39.1. The molecular formula is C23H25N3O3. The predicted octanol–water partition coefficient (Wildman–Crippen LogP) is 2.73. The van der Waals surface area contributed by atoms with Crippen LogP contribution in [0.5, 0.6) is 0 Å². The zero-order valence-electron chi connectivity index (χ0n) is 16.3. The van der Waals surface area contributed by atoms with Crippen LogP contribution in [0, 0.1) is 0 Å². The lowest BCUT2D eigenvalue weighted by Crippen LogP contribution is -2.32. The highest BCUT2D eigenvalue weighted by Gasteiger charge is 2.21. The first-order chi connectivity index (χ1) is 14.0. The van der Waals surface area contributed by atoms with E-state index in [1.54, 1.807) is 15.9 Å². The molecule has 6 nitrogen and oxygen atoms in total. The van der Waals surface area contributed by atoms with E-state index in [0.29, 0.717) is 13.0 Å². The van der Waals surface area contributed by atoms with E-state index in [-0.39, 0.29) is 24.8 Å². The summed E-state index contributed by atoms with van der Waals surface area (Å²) < 4.78 is 0. The fraction of sp³-hybridized carbons (Fsp3) is 0.261. The summed E-state index contributed by atoms with van der Waals surface area (Å²) in [6.07, 6.45) is 4.83. The maximum atomic E-state index is 12.7. The van der Waals surface area contributed by atoms with Crippen LogP contribution in [-0.4, -0.2) is 35.7 Å². The highest BCUT2D eigenvalue weighted by Crippen LogP contribution is 2.22. The Kier molecular flexibility index (Phi) is 6.79. The van der Waals surface area contributed by atoms with Gasteiger partial charge in [-0.2, -0.15) is 0 Å². The first kappa shape index (κ1) is 20.3. The largest absolute Gasteiger partial charge is 0.370 e. The summed E-state index contributed by atoms with van der Waals surface area (Å²) in [5, 5.41) is 0. The molecule has 2 aromatic carbocycles. The van der Waals surface area contributed by atoms with Crippen molar-refractivity contribution in [1.82, 2.24) is 4.90 Å². The number of carbonyl (C=O) groups is 3. The molecule has 0 bridgehead atoms. The third-order valence-electron chi connectivity index (χ3n) is 4.85. The van der Waals surface area contributed by atoms with E-state index in [1.807, 2.05) is 54.6 Å². The van der Waals surface area contributed by atoms with Crippen LogP contribution in [0.25, 0.3) is 6.08 Å². The Bertz CT molecular complexity index is 891. The van der Waals surface area contributed by atoms with Crippen molar-refractivity contribution >= 4 is 29.5 Å². The molecule has 3 rings (SSSR count).